The van der Waals surface area contributed by atoms with E-state index < -0.39 is 0 Å². The molecule has 0 saturated carbocycles. The highest BCUT2D eigenvalue weighted by Gasteiger charge is 2.11. The Morgan fingerprint density at radius 1 is 1.19 bits per heavy atom. The molecular weight excluding hydrogens is 445 g/mol. The minimum Gasteiger partial charge on any atom is -0.481 e. The van der Waals surface area contributed by atoms with Gasteiger partial charge in [-0.15, -0.1) is 0 Å². The van der Waals surface area contributed by atoms with Crippen molar-refractivity contribution in [1.82, 2.24) is 0 Å². The van der Waals surface area contributed by atoms with Crippen LogP contribution in [-0.4, -0.2) is 12.5 Å². The van der Waals surface area contributed by atoms with Gasteiger partial charge in [0.2, 0.25) is 0 Å². The van der Waals surface area contributed by atoms with Crippen molar-refractivity contribution < 1.29 is 9.53 Å². The fourth-order valence-corrected chi connectivity index (χ4v) is 3.34. The molecule has 1 N–H and O–H groups in total. The first-order valence-corrected chi connectivity index (χ1v) is 8.12. The van der Waals surface area contributed by atoms with Crippen LogP contribution in [0, 0.1) is 0 Å². The fraction of sp³-hybridized carbons (Fsp3) is 0.0714. The zero-order chi connectivity index (χ0) is 15.4. The highest BCUT2D eigenvalue weighted by molar-refractivity contribution is 9.10. The Bertz CT molecular complexity index is 657. The second-order valence-electron chi connectivity index (χ2n) is 4.05. The van der Waals surface area contributed by atoms with Crippen molar-refractivity contribution in [1.29, 1.82) is 0 Å². The second-order valence-corrected chi connectivity index (χ2v) is 6.66. The van der Waals surface area contributed by atoms with Crippen LogP contribution in [0.3, 0.4) is 0 Å². The molecule has 0 bridgehead atoms. The molecule has 1 amide bonds. The SMILES string of the molecule is O=C(COc1c(Cl)cc(Cl)cc1Br)Nc1cccc(Br)c1. The van der Waals surface area contributed by atoms with Gasteiger partial charge in [-0.2, -0.15) is 0 Å². The first-order chi connectivity index (χ1) is 9.95. The summed E-state index contributed by atoms with van der Waals surface area (Å²) in [5.41, 5.74) is 0.680. The number of rotatable bonds is 4. The summed E-state index contributed by atoms with van der Waals surface area (Å²) in [5.74, 6) is 0.0940. The van der Waals surface area contributed by atoms with Crippen LogP contribution in [0.15, 0.2) is 45.3 Å². The summed E-state index contributed by atoms with van der Waals surface area (Å²) in [4.78, 5) is 11.9. The van der Waals surface area contributed by atoms with E-state index in [1.165, 1.54) is 0 Å². The van der Waals surface area contributed by atoms with E-state index in [1.54, 1.807) is 24.3 Å². The van der Waals surface area contributed by atoms with Crippen LogP contribution in [-0.2, 0) is 4.79 Å². The van der Waals surface area contributed by atoms with Crippen molar-refractivity contribution in [3.05, 3.63) is 55.4 Å². The standard InChI is InChI=1S/C14H9Br2Cl2NO2/c15-8-2-1-3-10(4-8)19-13(20)7-21-14-11(16)5-9(17)6-12(14)18/h1-6H,7H2,(H,19,20). The molecule has 0 aliphatic heterocycles. The monoisotopic (exact) mass is 451 g/mol. The van der Waals surface area contributed by atoms with Gasteiger partial charge in [-0.1, -0.05) is 45.2 Å². The van der Waals surface area contributed by atoms with Crippen LogP contribution in [0.1, 0.15) is 0 Å². The van der Waals surface area contributed by atoms with Crippen LogP contribution in [0.2, 0.25) is 10.0 Å². The number of hydrogen-bond donors (Lipinski definition) is 1. The van der Waals surface area contributed by atoms with E-state index in [0.29, 0.717) is 26.0 Å². The molecule has 2 aromatic carbocycles. The first-order valence-electron chi connectivity index (χ1n) is 5.78. The first kappa shape index (κ1) is 16.6. The molecule has 0 heterocycles. The van der Waals surface area contributed by atoms with E-state index in [0.717, 1.165) is 4.47 Å². The molecule has 0 atom stereocenters. The molecular formula is C14H9Br2Cl2NO2. The molecule has 0 aliphatic carbocycles. The van der Waals surface area contributed by atoms with E-state index in [9.17, 15) is 4.79 Å². The lowest BCUT2D eigenvalue weighted by Gasteiger charge is -2.11. The minimum atomic E-state index is -0.286. The fourth-order valence-electron chi connectivity index (χ4n) is 1.57. The van der Waals surface area contributed by atoms with Crippen LogP contribution in [0.5, 0.6) is 5.75 Å². The molecule has 110 valence electrons. The molecule has 3 nitrogen and oxygen atoms in total. The maximum absolute atomic E-state index is 11.9. The van der Waals surface area contributed by atoms with Crippen LogP contribution < -0.4 is 10.1 Å². The Hall–Kier alpha value is -0.750. The topological polar surface area (TPSA) is 38.3 Å². The number of carbonyl (C=O) groups excluding carboxylic acids is 1. The number of halogens is 4. The number of anilines is 1. The zero-order valence-electron chi connectivity index (χ0n) is 10.5. The van der Waals surface area contributed by atoms with Gasteiger partial charge in [-0.3, -0.25) is 4.79 Å². The summed E-state index contributed by atoms with van der Waals surface area (Å²) in [7, 11) is 0. The number of nitrogens with one attached hydrogen (secondary N) is 1. The molecule has 0 unspecified atom stereocenters. The molecule has 21 heavy (non-hydrogen) atoms. The Morgan fingerprint density at radius 3 is 2.62 bits per heavy atom. The van der Waals surface area contributed by atoms with E-state index in [4.69, 9.17) is 27.9 Å². The van der Waals surface area contributed by atoms with E-state index >= 15 is 0 Å². The number of ether oxygens (including phenoxy) is 1. The van der Waals surface area contributed by atoms with E-state index in [2.05, 4.69) is 37.2 Å². The summed E-state index contributed by atoms with van der Waals surface area (Å²) in [6, 6.07) is 10.5. The summed E-state index contributed by atoms with van der Waals surface area (Å²) in [5, 5.41) is 3.55. The van der Waals surface area contributed by atoms with Gasteiger partial charge in [0.15, 0.2) is 12.4 Å². The van der Waals surface area contributed by atoms with Gasteiger partial charge in [0.1, 0.15) is 0 Å². The smallest absolute Gasteiger partial charge is 0.262 e. The Balaban J connectivity index is 1.99. The molecule has 0 aromatic heterocycles. The minimum absolute atomic E-state index is 0.160. The number of amides is 1. The van der Waals surface area contributed by atoms with Gasteiger partial charge in [-0.05, 0) is 46.3 Å². The highest BCUT2D eigenvalue weighted by atomic mass is 79.9. The summed E-state index contributed by atoms with van der Waals surface area (Å²) in [6.45, 7) is -0.160. The number of hydrogen-bond acceptors (Lipinski definition) is 2. The lowest BCUT2D eigenvalue weighted by molar-refractivity contribution is -0.118. The molecule has 0 saturated heterocycles. The van der Waals surface area contributed by atoms with Gasteiger partial charge in [0.05, 0.1) is 9.50 Å². The third-order valence-corrected chi connectivity index (χ3v) is 4.00. The van der Waals surface area contributed by atoms with Crippen LogP contribution in [0.25, 0.3) is 0 Å². The average Bonchev–Trinajstić information content (AvgIpc) is 2.37. The summed E-state index contributed by atoms with van der Waals surface area (Å²) >= 11 is 18.5. The maximum Gasteiger partial charge on any atom is 0.262 e. The largest absolute Gasteiger partial charge is 0.481 e. The molecule has 0 radical (unpaired) electrons. The molecule has 0 aliphatic rings. The number of carbonyl (C=O) groups is 1. The van der Waals surface area contributed by atoms with Gasteiger partial charge < -0.3 is 10.1 Å². The zero-order valence-corrected chi connectivity index (χ0v) is 15.2. The Kier molecular flexibility index (Phi) is 5.93. The van der Waals surface area contributed by atoms with E-state index in [-0.39, 0.29) is 12.5 Å². The van der Waals surface area contributed by atoms with Crippen molar-refractivity contribution in [2.75, 3.05) is 11.9 Å². The van der Waals surface area contributed by atoms with Gasteiger partial charge >= 0.3 is 0 Å². The highest BCUT2D eigenvalue weighted by Crippen LogP contribution is 2.36. The van der Waals surface area contributed by atoms with Crippen molar-refractivity contribution in [2.45, 2.75) is 0 Å². The molecule has 7 heteroatoms. The third kappa shape index (κ3) is 4.88. The van der Waals surface area contributed by atoms with Gasteiger partial charge in [0.25, 0.3) is 5.91 Å². The van der Waals surface area contributed by atoms with E-state index in [1.807, 2.05) is 12.1 Å². The molecule has 0 fully saturated rings. The van der Waals surface area contributed by atoms with Crippen molar-refractivity contribution in [3.63, 3.8) is 0 Å². The van der Waals surface area contributed by atoms with Gasteiger partial charge in [0, 0.05) is 15.2 Å². The van der Waals surface area contributed by atoms with Crippen LogP contribution >= 0.6 is 55.1 Å². The van der Waals surface area contributed by atoms with Crippen molar-refractivity contribution in [3.8, 4) is 5.75 Å². The third-order valence-electron chi connectivity index (χ3n) is 2.42. The quantitative estimate of drug-likeness (QED) is 0.660. The van der Waals surface area contributed by atoms with Crippen LogP contribution in [0.4, 0.5) is 5.69 Å². The molecule has 0 spiro atoms. The average molecular weight is 454 g/mol. The maximum atomic E-state index is 11.9. The van der Waals surface area contributed by atoms with Gasteiger partial charge in [-0.25, -0.2) is 0 Å². The predicted molar refractivity (Wildman–Crippen MR) is 92.4 cm³/mol. The molecule has 2 aromatic rings. The normalized spacial score (nSPS) is 10.3. The van der Waals surface area contributed by atoms with Crippen molar-refractivity contribution >= 4 is 66.7 Å². The second kappa shape index (κ2) is 7.49. The molecule has 2 rings (SSSR count). The Labute approximate surface area is 148 Å². The lowest BCUT2D eigenvalue weighted by atomic mass is 10.3. The lowest BCUT2D eigenvalue weighted by Crippen LogP contribution is -2.20. The summed E-state index contributed by atoms with van der Waals surface area (Å²) < 4.78 is 6.90. The number of benzene rings is 2. The van der Waals surface area contributed by atoms with Crippen molar-refractivity contribution in [2.24, 2.45) is 0 Å². The Morgan fingerprint density at radius 2 is 1.95 bits per heavy atom. The predicted octanol–water partition coefficient (Wildman–Crippen LogP) is 5.54. The summed E-state index contributed by atoms with van der Waals surface area (Å²) in [6.07, 6.45) is 0.